The maximum Gasteiger partial charge on any atom is 0.236 e. The van der Waals surface area contributed by atoms with Gasteiger partial charge < -0.3 is 5.32 Å². The number of carbonyl (C=O) groups excluding carboxylic acids is 1. The second-order valence-corrected chi connectivity index (χ2v) is 5.15. The number of rotatable bonds is 2. The lowest BCUT2D eigenvalue weighted by Gasteiger charge is -1.99. The van der Waals surface area contributed by atoms with Crippen LogP contribution in [0.4, 0.5) is 8.78 Å². The molecule has 0 atom stereocenters. The summed E-state index contributed by atoms with van der Waals surface area (Å²) >= 11 is 4.15. The van der Waals surface area contributed by atoms with Gasteiger partial charge in [0.1, 0.15) is 11.6 Å². The SMILES string of the molecule is O=C1CSC(=NN=Cc2c(F)cc(Br)cc2F)N1. The Balaban J connectivity index is 2.17. The van der Waals surface area contributed by atoms with Crippen molar-refractivity contribution < 1.29 is 13.6 Å². The van der Waals surface area contributed by atoms with Crippen molar-refractivity contribution in [2.75, 3.05) is 5.75 Å². The molecule has 4 nitrogen and oxygen atoms in total. The van der Waals surface area contributed by atoms with Gasteiger partial charge in [0.05, 0.1) is 17.5 Å². The highest BCUT2D eigenvalue weighted by molar-refractivity contribution is 9.10. The molecule has 1 heterocycles. The molecule has 0 bridgehead atoms. The number of halogens is 3. The van der Waals surface area contributed by atoms with Crippen LogP contribution in [0, 0.1) is 11.6 Å². The molecule has 1 aliphatic heterocycles. The normalized spacial score (nSPS) is 17.7. The Kier molecular flexibility index (Phi) is 4.07. The summed E-state index contributed by atoms with van der Waals surface area (Å²) in [7, 11) is 0. The molecule has 0 saturated carbocycles. The number of amides is 1. The molecule has 1 saturated heterocycles. The largest absolute Gasteiger partial charge is 0.303 e. The average molecular weight is 334 g/mol. The lowest BCUT2D eigenvalue weighted by molar-refractivity contribution is -0.116. The molecule has 1 fully saturated rings. The van der Waals surface area contributed by atoms with E-state index in [0.29, 0.717) is 9.64 Å². The van der Waals surface area contributed by atoms with Crippen LogP contribution in [0.5, 0.6) is 0 Å². The number of amidine groups is 1. The molecule has 2 rings (SSSR count). The van der Waals surface area contributed by atoms with Gasteiger partial charge in [-0.25, -0.2) is 8.78 Å². The zero-order valence-electron chi connectivity index (χ0n) is 8.78. The minimum Gasteiger partial charge on any atom is -0.303 e. The van der Waals surface area contributed by atoms with Crippen LogP contribution in [-0.2, 0) is 4.79 Å². The van der Waals surface area contributed by atoms with Crippen molar-refractivity contribution in [1.29, 1.82) is 0 Å². The van der Waals surface area contributed by atoms with Gasteiger partial charge in [0.15, 0.2) is 5.17 Å². The molecule has 18 heavy (non-hydrogen) atoms. The van der Waals surface area contributed by atoms with Crippen molar-refractivity contribution in [3.63, 3.8) is 0 Å². The smallest absolute Gasteiger partial charge is 0.236 e. The van der Waals surface area contributed by atoms with Crippen LogP contribution in [0.3, 0.4) is 0 Å². The van der Waals surface area contributed by atoms with E-state index < -0.39 is 11.6 Å². The van der Waals surface area contributed by atoms with E-state index in [9.17, 15) is 13.6 Å². The molecule has 0 spiro atoms. The molecule has 1 N–H and O–H groups in total. The van der Waals surface area contributed by atoms with E-state index in [1.807, 2.05) is 0 Å². The molecule has 94 valence electrons. The third kappa shape index (κ3) is 3.14. The molecular weight excluding hydrogens is 328 g/mol. The molecule has 1 aromatic rings. The number of thioether (sulfide) groups is 1. The summed E-state index contributed by atoms with van der Waals surface area (Å²) in [5, 5.41) is 9.94. The predicted octanol–water partition coefficient (Wildman–Crippen LogP) is 2.28. The minimum absolute atomic E-state index is 0.171. The fourth-order valence-corrected chi connectivity index (χ4v) is 2.23. The Morgan fingerprint density at radius 2 is 2.06 bits per heavy atom. The Morgan fingerprint density at radius 3 is 2.61 bits per heavy atom. The van der Waals surface area contributed by atoms with E-state index in [1.165, 1.54) is 11.8 Å². The van der Waals surface area contributed by atoms with Gasteiger partial charge in [0.25, 0.3) is 0 Å². The highest BCUT2D eigenvalue weighted by Gasteiger charge is 2.16. The standard InChI is InChI=1S/C10H6BrF2N3OS/c11-5-1-7(12)6(8(13)2-5)3-14-16-10-15-9(17)4-18-10/h1-3H,4H2,(H,15,16,17). The summed E-state index contributed by atoms with van der Waals surface area (Å²) in [6.07, 6.45) is 0.967. The highest BCUT2D eigenvalue weighted by atomic mass is 79.9. The van der Waals surface area contributed by atoms with Gasteiger partial charge >= 0.3 is 0 Å². The summed E-state index contributed by atoms with van der Waals surface area (Å²) in [5.74, 6) is -1.38. The molecule has 1 amide bonds. The first-order valence-corrected chi connectivity index (χ1v) is 6.52. The van der Waals surface area contributed by atoms with Crippen molar-refractivity contribution in [3.8, 4) is 0 Å². The molecule has 1 aromatic carbocycles. The van der Waals surface area contributed by atoms with Crippen LogP contribution >= 0.6 is 27.7 Å². The Labute approximate surface area is 114 Å². The summed E-state index contributed by atoms with van der Waals surface area (Å²) in [6, 6.07) is 2.26. The maximum absolute atomic E-state index is 13.4. The highest BCUT2D eigenvalue weighted by Crippen LogP contribution is 2.18. The summed E-state index contributed by atoms with van der Waals surface area (Å²) < 4.78 is 27.1. The van der Waals surface area contributed by atoms with Crippen molar-refractivity contribution >= 4 is 45.0 Å². The molecule has 0 aromatic heterocycles. The van der Waals surface area contributed by atoms with Gasteiger partial charge in [0.2, 0.25) is 5.91 Å². The lowest BCUT2D eigenvalue weighted by Crippen LogP contribution is -2.19. The topological polar surface area (TPSA) is 53.8 Å². The number of carbonyl (C=O) groups is 1. The van der Waals surface area contributed by atoms with Crippen LogP contribution < -0.4 is 5.32 Å². The monoisotopic (exact) mass is 333 g/mol. The van der Waals surface area contributed by atoms with Crippen LogP contribution in [0.2, 0.25) is 0 Å². The molecular formula is C10H6BrF2N3OS. The van der Waals surface area contributed by atoms with Gasteiger partial charge in [-0.2, -0.15) is 5.10 Å². The van der Waals surface area contributed by atoms with E-state index >= 15 is 0 Å². The minimum atomic E-state index is -0.742. The third-order valence-electron chi connectivity index (χ3n) is 1.97. The van der Waals surface area contributed by atoms with E-state index in [4.69, 9.17) is 0 Å². The molecule has 0 radical (unpaired) electrons. The van der Waals surface area contributed by atoms with Crippen molar-refractivity contribution in [2.45, 2.75) is 0 Å². The number of hydrogen-bond acceptors (Lipinski definition) is 4. The third-order valence-corrected chi connectivity index (χ3v) is 3.29. The number of nitrogens with one attached hydrogen (secondary N) is 1. The first-order chi connectivity index (χ1) is 8.56. The molecule has 0 aliphatic carbocycles. The van der Waals surface area contributed by atoms with Crippen LogP contribution in [0.1, 0.15) is 5.56 Å². The second-order valence-electron chi connectivity index (χ2n) is 3.27. The van der Waals surface area contributed by atoms with Crippen LogP contribution in [0.25, 0.3) is 0 Å². The maximum atomic E-state index is 13.4. The number of benzene rings is 1. The lowest BCUT2D eigenvalue weighted by atomic mass is 10.2. The van der Waals surface area contributed by atoms with Gasteiger partial charge in [-0.05, 0) is 12.1 Å². The van der Waals surface area contributed by atoms with Crippen LogP contribution in [0.15, 0.2) is 26.8 Å². The summed E-state index contributed by atoms with van der Waals surface area (Å²) in [5.41, 5.74) is -0.281. The first kappa shape index (κ1) is 13.2. The van der Waals surface area contributed by atoms with Gasteiger partial charge in [-0.3, -0.25) is 4.79 Å². The van der Waals surface area contributed by atoms with Gasteiger partial charge in [0, 0.05) is 4.47 Å². The predicted molar refractivity (Wildman–Crippen MR) is 69.7 cm³/mol. The fraction of sp³-hybridized carbons (Fsp3) is 0.100. The van der Waals surface area contributed by atoms with E-state index in [0.717, 1.165) is 18.3 Å². The van der Waals surface area contributed by atoms with Crippen LogP contribution in [-0.4, -0.2) is 23.0 Å². The Bertz CT molecular complexity index is 539. The van der Waals surface area contributed by atoms with Gasteiger partial charge in [-0.1, -0.05) is 27.7 Å². The van der Waals surface area contributed by atoms with Crippen molar-refractivity contribution in [2.24, 2.45) is 10.2 Å². The zero-order chi connectivity index (χ0) is 13.1. The van der Waals surface area contributed by atoms with Crippen molar-refractivity contribution in [1.82, 2.24) is 5.32 Å². The first-order valence-electron chi connectivity index (χ1n) is 4.74. The van der Waals surface area contributed by atoms with E-state index in [1.54, 1.807) is 0 Å². The zero-order valence-corrected chi connectivity index (χ0v) is 11.2. The van der Waals surface area contributed by atoms with E-state index in [2.05, 4.69) is 31.4 Å². The second kappa shape index (κ2) is 5.57. The Hall–Kier alpha value is -1.28. The van der Waals surface area contributed by atoms with Gasteiger partial charge in [-0.15, -0.1) is 5.10 Å². The average Bonchev–Trinajstić information content (AvgIpc) is 2.68. The summed E-state index contributed by atoms with van der Waals surface area (Å²) in [6.45, 7) is 0. The van der Waals surface area contributed by atoms with Crippen molar-refractivity contribution in [3.05, 3.63) is 33.8 Å². The number of nitrogens with zero attached hydrogens (tertiary/aromatic N) is 2. The molecule has 0 unspecified atom stereocenters. The number of hydrogen-bond donors (Lipinski definition) is 1. The molecule has 8 heteroatoms. The van der Waals surface area contributed by atoms with E-state index in [-0.39, 0.29) is 17.2 Å². The fourth-order valence-electron chi connectivity index (χ4n) is 1.19. The summed E-state index contributed by atoms with van der Waals surface area (Å²) in [4.78, 5) is 10.8. The quantitative estimate of drug-likeness (QED) is 0.666. The molecule has 1 aliphatic rings. The Morgan fingerprint density at radius 1 is 1.39 bits per heavy atom.